The Labute approximate surface area is 71.2 Å². The summed E-state index contributed by atoms with van der Waals surface area (Å²) in [5, 5.41) is 2.40. The summed E-state index contributed by atoms with van der Waals surface area (Å²) >= 11 is 0. The second kappa shape index (κ2) is 3.30. The van der Waals surface area contributed by atoms with Crippen molar-refractivity contribution in [2.24, 2.45) is 5.73 Å². The molecule has 0 aromatic heterocycles. The molecule has 1 fully saturated rings. The van der Waals surface area contributed by atoms with Crippen molar-refractivity contribution in [1.29, 1.82) is 0 Å². The first-order chi connectivity index (χ1) is 5.49. The Morgan fingerprint density at radius 1 is 1.50 bits per heavy atom. The normalized spacial score (nSPS) is 27.8. The summed E-state index contributed by atoms with van der Waals surface area (Å²) in [7, 11) is -2.95. The molecule has 70 valence electrons. The molecule has 5 nitrogen and oxygen atoms in total. The second-order valence-corrected chi connectivity index (χ2v) is 5.19. The molecule has 0 spiro atoms. The fourth-order valence-corrected chi connectivity index (χ4v) is 2.97. The number of amides is 2. The summed E-state index contributed by atoms with van der Waals surface area (Å²) in [6.45, 7) is 0. The number of sulfone groups is 1. The highest BCUT2D eigenvalue weighted by atomic mass is 32.2. The lowest BCUT2D eigenvalue weighted by molar-refractivity contribution is 0.245. The number of carbonyl (C=O) groups excluding carboxylic acids is 1. The van der Waals surface area contributed by atoms with E-state index in [1.54, 1.807) is 0 Å². The summed E-state index contributed by atoms with van der Waals surface area (Å²) in [6, 6.07) is -0.946. The first kappa shape index (κ1) is 9.31. The fourth-order valence-electron chi connectivity index (χ4n) is 1.34. The number of hydrogen-bond acceptors (Lipinski definition) is 3. The zero-order valence-corrected chi connectivity index (χ0v) is 7.43. The van der Waals surface area contributed by atoms with Crippen molar-refractivity contribution in [2.75, 3.05) is 11.5 Å². The largest absolute Gasteiger partial charge is 0.352 e. The highest BCUT2D eigenvalue weighted by Crippen LogP contribution is 2.11. The maximum absolute atomic E-state index is 11.1. The molecule has 1 atom stereocenters. The molecule has 0 aliphatic carbocycles. The van der Waals surface area contributed by atoms with Crippen molar-refractivity contribution in [3.05, 3.63) is 0 Å². The summed E-state index contributed by atoms with van der Waals surface area (Å²) in [5.41, 5.74) is 4.87. The van der Waals surface area contributed by atoms with Gasteiger partial charge in [0, 0.05) is 6.04 Å². The summed E-state index contributed by atoms with van der Waals surface area (Å²) in [6.07, 6.45) is 1.30. The molecule has 1 heterocycles. The minimum Gasteiger partial charge on any atom is -0.352 e. The monoisotopic (exact) mass is 192 g/mol. The molecule has 1 unspecified atom stereocenters. The molecule has 1 rings (SSSR count). The van der Waals surface area contributed by atoms with Gasteiger partial charge in [-0.1, -0.05) is 0 Å². The molecular weight excluding hydrogens is 180 g/mol. The minimum atomic E-state index is -2.95. The first-order valence-corrected chi connectivity index (χ1v) is 5.58. The zero-order valence-electron chi connectivity index (χ0n) is 6.62. The molecule has 6 heteroatoms. The van der Waals surface area contributed by atoms with Crippen LogP contribution in [0.3, 0.4) is 0 Å². The maximum atomic E-state index is 11.1. The van der Waals surface area contributed by atoms with Gasteiger partial charge in [-0.05, 0) is 12.8 Å². The van der Waals surface area contributed by atoms with Crippen LogP contribution in [0.4, 0.5) is 4.79 Å². The van der Waals surface area contributed by atoms with Crippen LogP contribution in [0.2, 0.25) is 0 Å². The average Bonchev–Trinajstić information content (AvgIpc) is 1.82. The maximum Gasteiger partial charge on any atom is 0.312 e. The van der Waals surface area contributed by atoms with E-state index in [0.29, 0.717) is 12.8 Å². The van der Waals surface area contributed by atoms with E-state index in [0.717, 1.165) is 0 Å². The van der Waals surface area contributed by atoms with Crippen LogP contribution in [0.25, 0.3) is 0 Å². The van der Waals surface area contributed by atoms with E-state index >= 15 is 0 Å². The van der Waals surface area contributed by atoms with Crippen molar-refractivity contribution in [3.63, 3.8) is 0 Å². The Hall–Kier alpha value is -0.780. The van der Waals surface area contributed by atoms with Crippen molar-refractivity contribution < 1.29 is 13.2 Å². The molecule has 2 amide bonds. The molecular formula is C6H12N2O3S. The van der Waals surface area contributed by atoms with Gasteiger partial charge in [0.25, 0.3) is 0 Å². The summed E-state index contributed by atoms with van der Waals surface area (Å²) in [5.74, 6) is 0.250. The van der Waals surface area contributed by atoms with Gasteiger partial charge in [0.1, 0.15) is 0 Å². The quantitative estimate of drug-likeness (QED) is 0.571. The summed E-state index contributed by atoms with van der Waals surface area (Å²) < 4.78 is 22.1. The van der Waals surface area contributed by atoms with Crippen LogP contribution in [0.5, 0.6) is 0 Å². The van der Waals surface area contributed by atoms with Gasteiger partial charge < -0.3 is 11.1 Å². The number of nitrogens with one attached hydrogen (secondary N) is 1. The highest BCUT2D eigenvalue weighted by molar-refractivity contribution is 7.91. The number of hydrogen-bond donors (Lipinski definition) is 2. The second-order valence-electron chi connectivity index (χ2n) is 2.96. The minimum absolute atomic E-state index is 0.0237. The van der Waals surface area contributed by atoms with Gasteiger partial charge in [-0.2, -0.15) is 0 Å². The van der Waals surface area contributed by atoms with Gasteiger partial charge in [-0.3, -0.25) is 0 Å². The molecule has 3 N–H and O–H groups in total. The van der Waals surface area contributed by atoms with E-state index in [9.17, 15) is 13.2 Å². The van der Waals surface area contributed by atoms with E-state index in [1.807, 2.05) is 0 Å². The Morgan fingerprint density at radius 2 is 2.17 bits per heavy atom. The van der Waals surface area contributed by atoms with Crippen LogP contribution >= 0.6 is 0 Å². The molecule has 1 aliphatic heterocycles. The Morgan fingerprint density at radius 3 is 2.67 bits per heavy atom. The van der Waals surface area contributed by atoms with Crippen LogP contribution in [-0.4, -0.2) is 32.0 Å². The van der Waals surface area contributed by atoms with Crippen LogP contribution in [0.15, 0.2) is 0 Å². The van der Waals surface area contributed by atoms with E-state index in [4.69, 9.17) is 5.73 Å². The third-order valence-electron chi connectivity index (χ3n) is 1.81. The number of rotatable bonds is 1. The molecule has 0 aromatic rings. The molecule has 1 saturated heterocycles. The standard InChI is InChI=1S/C6H12N2O3S/c7-6(9)8-5-2-1-3-12(10,11)4-5/h5H,1-4H2,(H3,7,8,9). The van der Waals surface area contributed by atoms with Crippen LogP contribution in [0, 0.1) is 0 Å². The molecule has 0 aromatic carbocycles. The Bertz CT molecular complexity index is 273. The number of urea groups is 1. The van der Waals surface area contributed by atoms with E-state index in [1.165, 1.54) is 0 Å². The first-order valence-electron chi connectivity index (χ1n) is 3.76. The van der Waals surface area contributed by atoms with Crippen LogP contribution in [-0.2, 0) is 9.84 Å². The van der Waals surface area contributed by atoms with E-state index in [2.05, 4.69) is 5.32 Å². The van der Waals surface area contributed by atoms with Gasteiger partial charge in [0.05, 0.1) is 11.5 Å². The molecule has 12 heavy (non-hydrogen) atoms. The average molecular weight is 192 g/mol. The van der Waals surface area contributed by atoms with Crippen LogP contribution < -0.4 is 11.1 Å². The Balaban J connectivity index is 2.53. The van der Waals surface area contributed by atoms with E-state index in [-0.39, 0.29) is 17.5 Å². The highest BCUT2D eigenvalue weighted by Gasteiger charge is 2.24. The Kier molecular flexibility index (Phi) is 2.56. The van der Waals surface area contributed by atoms with Crippen molar-refractivity contribution >= 4 is 15.9 Å². The lowest BCUT2D eigenvalue weighted by Crippen LogP contribution is -2.45. The predicted octanol–water partition coefficient (Wildman–Crippen LogP) is -0.768. The SMILES string of the molecule is NC(=O)NC1CCCS(=O)(=O)C1. The van der Waals surface area contributed by atoms with Gasteiger partial charge in [-0.15, -0.1) is 0 Å². The predicted molar refractivity (Wildman–Crippen MR) is 44.4 cm³/mol. The molecule has 0 saturated carbocycles. The van der Waals surface area contributed by atoms with Crippen LogP contribution in [0.1, 0.15) is 12.8 Å². The van der Waals surface area contributed by atoms with Crippen molar-refractivity contribution in [1.82, 2.24) is 5.32 Å². The number of nitrogens with two attached hydrogens (primary N) is 1. The lowest BCUT2D eigenvalue weighted by Gasteiger charge is -2.21. The topological polar surface area (TPSA) is 89.3 Å². The number of primary amides is 1. The van der Waals surface area contributed by atoms with Gasteiger partial charge in [0.15, 0.2) is 9.84 Å². The third kappa shape index (κ3) is 2.69. The zero-order chi connectivity index (χ0) is 9.19. The molecule has 0 radical (unpaired) electrons. The van der Waals surface area contributed by atoms with E-state index < -0.39 is 15.9 Å². The molecule has 1 aliphatic rings. The smallest absolute Gasteiger partial charge is 0.312 e. The molecule has 0 bridgehead atoms. The van der Waals surface area contributed by atoms with Crippen molar-refractivity contribution in [3.8, 4) is 0 Å². The van der Waals surface area contributed by atoms with Gasteiger partial charge in [0.2, 0.25) is 0 Å². The fraction of sp³-hybridized carbons (Fsp3) is 0.833. The van der Waals surface area contributed by atoms with Crippen molar-refractivity contribution in [2.45, 2.75) is 18.9 Å². The number of carbonyl (C=O) groups is 1. The lowest BCUT2D eigenvalue weighted by atomic mass is 10.2. The van der Waals surface area contributed by atoms with Gasteiger partial charge >= 0.3 is 6.03 Å². The third-order valence-corrected chi connectivity index (χ3v) is 3.63. The van der Waals surface area contributed by atoms with Gasteiger partial charge in [-0.25, -0.2) is 13.2 Å². The summed E-state index contributed by atoms with van der Waals surface area (Å²) in [4.78, 5) is 10.4.